The van der Waals surface area contributed by atoms with Crippen LogP contribution in [0.15, 0.2) is 0 Å². The molecule has 0 unspecified atom stereocenters. The molecule has 0 bridgehead atoms. The molecule has 1 rings (SSSR count). The van der Waals surface area contributed by atoms with Crippen LogP contribution in [0.25, 0.3) is 0 Å². The van der Waals surface area contributed by atoms with E-state index >= 15 is 0 Å². The predicted molar refractivity (Wildman–Crippen MR) is 34.8 cm³/mol. The van der Waals surface area contributed by atoms with E-state index in [0.717, 1.165) is 0 Å². The molecule has 1 aliphatic heterocycles. The van der Waals surface area contributed by atoms with Gasteiger partial charge in [-0.15, -0.1) is 0 Å². The average Bonchev–Trinajstić information content (AvgIpc) is 1.63. The van der Waals surface area contributed by atoms with E-state index in [1.165, 1.54) is 0 Å². The Bertz CT molecular complexity index is 142. The van der Waals surface area contributed by atoms with Crippen molar-refractivity contribution in [1.82, 2.24) is 5.32 Å². The second-order valence-corrected chi connectivity index (χ2v) is 3.00. The lowest BCUT2D eigenvalue weighted by Gasteiger charge is -2.43. The van der Waals surface area contributed by atoms with Crippen molar-refractivity contribution >= 4 is 5.91 Å². The van der Waals surface area contributed by atoms with Gasteiger partial charge in [0, 0.05) is 12.1 Å². The predicted octanol–water partition coefficient (Wildman–Crippen LogP) is -0.530. The van der Waals surface area contributed by atoms with E-state index < -0.39 is 0 Å². The molecular formula is C6H12N2O. The lowest BCUT2D eigenvalue weighted by Crippen LogP contribution is -2.67. The van der Waals surface area contributed by atoms with Crippen molar-refractivity contribution in [3.63, 3.8) is 0 Å². The standard InChI is InChI=1S/C6H12N2O/c1-6(2)4(3-7)5(9)8-6/h4H,3,7H2,1-2H3,(H,8,9)/t4-/m0/s1. The molecule has 1 amide bonds. The van der Waals surface area contributed by atoms with Crippen molar-refractivity contribution in [2.45, 2.75) is 19.4 Å². The van der Waals surface area contributed by atoms with Gasteiger partial charge in [-0.1, -0.05) is 0 Å². The molecule has 0 radical (unpaired) electrons. The van der Waals surface area contributed by atoms with Gasteiger partial charge in [0.05, 0.1) is 5.92 Å². The summed E-state index contributed by atoms with van der Waals surface area (Å²) in [5.41, 5.74) is 5.28. The lowest BCUT2D eigenvalue weighted by molar-refractivity contribution is -0.138. The average molecular weight is 128 g/mol. The highest BCUT2D eigenvalue weighted by Crippen LogP contribution is 2.24. The third kappa shape index (κ3) is 0.812. The van der Waals surface area contributed by atoms with Gasteiger partial charge in [-0.3, -0.25) is 4.79 Å². The highest BCUT2D eigenvalue weighted by molar-refractivity contribution is 5.87. The molecular weight excluding hydrogens is 116 g/mol. The Morgan fingerprint density at radius 1 is 1.78 bits per heavy atom. The molecule has 0 aromatic heterocycles. The van der Waals surface area contributed by atoms with Crippen molar-refractivity contribution in [2.75, 3.05) is 6.54 Å². The van der Waals surface area contributed by atoms with Gasteiger partial charge < -0.3 is 11.1 Å². The first-order valence-electron chi connectivity index (χ1n) is 3.10. The Morgan fingerprint density at radius 3 is 2.44 bits per heavy atom. The minimum Gasteiger partial charge on any atom is -0.350 e. The fourth-order valence-electron chi connectivity index (χ4n) is 1.14. The zero-order valence-electron chi connectivity index (χ0n) is 5.77. The highest BCUT2D eigenvalue weighted by atomic mass is 16.2. The van der Waals surface area contributed by atoms with Gasteiger partial charge >= 0.3 is 0 Å². The van der Waals surface area contributed by atoms with Crippen molar-refractivity contribution in [3.05, 3.63) is 0 Å². The van der Waals surface area contributed by atoms with Gasteiger partial charge in [0.15, 0.2) is 0 Å². The maximum atomic E-state index is 10.7. The van der Waals surface area contributed by atoms with E-state index in [0.29, 0.717) is 6.54 Å². The molecule has 0 aromatic carbocycles. The molecule has 9 heavy (non-hydrogen) atoms. The fraction of sp³-hybridized carbons (Fsp3) is 0.833. The summed E-state index contributed by atoms with van der Waals surface area (Å²) in [4.78, 5) is 10.7. The van der Waals surface area contributed by atoms with Crippen molar-refractivity contribution in [2.24, 2.45) is 11.7 Å². The zero-order valence-corrected chi connectivity index (χ0v) is 5.77. The van der Waals surface area contributed by atoms with Gasteiger partial charge in [-0.2, -0.15) is 0 Å². The Labute approximate surface area is 54.6 Å². The Balaban J connectivity index is 2.58. The summed E-state index contributed by atoms with van der Waals surface area (Å²) in [5, 5.41) is 2.76. The van der Waals surface area contributed by atoms with Crippen LogP contribution in [0.3, 0.4) is 0 Å². The number of nitrogens with two attached hydrogens (primary N) is 1. The molecule has 0 spiro atoms. The van der Waals surface area contributed by atoms with E-state index in [2.05, 4.69) is 5.32 Å². The van der Waals surface area contributed by atoms with Crippen LogP contribution in [0.1, 0.15) is 13.8 Å². The number of hydrogen-bond acceptors (Lipinski definition) is 2. The van der Waals surface area contributed by atoms with Crippen LogP contribution >= 0.6 is 0 Å². The minimum absolute atomic E-state index is 0.0255. The maximum absolute atomic E-state index is 10.7. The second kappa shape index (κ2) is 1.70. The van der Waals surface area contributed by atoms with E-state index in [1.807, 2.05) is 13.8 Å². The first-order valence-corrected chi connectivity index (χ1v) is 3.10. The Morgan fingerprint density at radius 2 is 2.33 bits per heavy atom. The van der Waals surface area contributed by atoms with Crippen molar-refractivity contribution < 1.29 is 4.79 Å². The first kappa shape index (κ1) is 6.55. The molecule has 0 aliphatic carbocycles. The molecule has 1 fully saturated rings. The third-order valence-corrected chi connectivity index (χ3v) is 1.87. The summed E-state index contributed by atoms with van der Waals surface area (Å²) < 4.78 is 0. The second-order valence-electron chi connectivity index (χ2n) is 3.00. The first-order chi connectivity index (χ1) is 4.08. The number of β-lactam (4-membered cyclic amide) rings is 1. The molecule has 0 saturated carbocycles. The van der Waals surface area contributed by atoms with Crippen LogP contribution in [-0.4, -0.2) is 18.0 Å². The quantitative estimate of drug-likeness (QED) is 0.466. The number of carbonyl (C=O) groups excluding carboxylic acids is 1. The van der Waals surface area contributed by atoms with Gasteiger partial charge in [-0.05, 0) is 13.8 Å². The summed E-state index contributed by atoms with van der Waals surface area (Å²) >= 11 is 0. The van der Waals surface area contributed by atoms with Gasteiger partial charge in [0.1, 0.15) is 0 Å². The van der Waals surface area contributed by atoms with Gasteiger partial charge in [-0.25, -0.2) is 0 Å². The summed E-state index contributed by atoms with van der Waals surface area (Å²) in [7, 11) is 0. The number of carbonyl (C=O) groups is 1. The van der Waals surface area contributed by atoms with Crippen molar-refractivity contribution in [3.8, 4) is 0 Å². The lowest BCUT2D eigenvalue weighted by atomic mass is 9.79. The molecule has 1 aliphatic rings. The smallest absolute Gasteiger partial charge is 0.227 e. The van der Waals surface area contributed by atoms with Crippen molar-refractivity contribution in [1.29, 1.82) is 0 Å². The SMILES string of the molecule is CC1(C)NC(=O)[C@@H]1CN. The van der Waals surface area contributed by atoms with Gasteiger partial charge in [0.25, 0.3) is 0 Å². The summed E-state index contributed by atoms with van der Waals surface area (Å²) in [6.45, 7) is 4.41. The van der Waals surface area contributed by atoms with Crippen LogP contribution in [0.4, 0.5) is 0 Å². The number of rotatable bonds is 1. The summed E-state index contributed by atoms with van der Waals surface area (Å²) in [6, 6.07) is 0. The topological polar surface area (TPSA) is 55.1 Å². The third-order valence-electron chi connectivity index (χ3n) is 1.87. The van der Waals surface area contributed by atoms with E-state index in [9.17, 15) is 4.79 Å². The molecule has 1 saturated heterocycles. The molecule has 52 valence electrons. The molecule has 1 heterocycles. The Hall–Kier alpha value is -0.570. The number of hydrogen-bond donors (Lipinski definition) is 2. The van der Waals surface area contributed by atoms with Crippen LogP contribution < -0.4 is 11.1 Å². The van der Waals surface area contributed by atoms with Crippen LogP contribution in [0.2, 0.25) is 0 Å². The highest BCUT2D eigenvalue weighted by Gasteiger charge is 2.44. The summed E-state index contributed by atoms with van der Waals surface area (Å²) in [6.07, 6.45) is 0. The van der Waals surface area contributed by atoms with Crippen LogP contribution in [-0.2, 0) is 4.79 Å². The maximum Gasteiger partial charge on any atom is 0.227 e. The van der Waals surface area contributed by atoms with E-state index in [-0.39, 0.29) is 17.4 Å². The monoisotopic (exact) mass is 128 g/mol. The molecule has 3 N–H and O–H groups in total. The van der Waals surface area contributed by atoms with Gasteiger partial charge in [0.2, 0.25) is 5.91 Å². The zero-order chi connectivity index (χ0) is 7.07. The largest absolute Gasteiger partial charge is 0.350 e. The fourth-order valence-corrected chi connectivity index (χ4v) is 1.14. The minimum atomic E-state index is -0.0637. The van der Waals surface area contributed by atoms with E-state index in [1.54, 1.807) is 0 Å². The van der Waals surface area contributed by atoms with E-state index in [4.69, 9.17) is 5.73 Å². The van der Waals surface area contributed by atoms with Crippen LogP contribution in [0.5, 0.6) is 0 Å². The molecule has 1 atom stereocenters. The summed E-state index contributed by atoms with van der Waals surface area (Å²) in [5.74, 6) is 0.111. The number of nitrogens with one attached hydrogen (secondary N) is 1. The normalized spacial score (nSPS) is 31.0. The van der Waals surface area contributed by atoms with Crippen LogP contribution in [0, 0.1) is 5.92 Å². The molecule has 0 aromatic rings. The Kier molecular flexibility index (Phi) is 1.24. The molecule has 3 heteroatoms. The molecule has 3 nitrogen and oxygen atoms in total. The number of amides is 1.